The first-order valence-corrected chi connectivity index (χ1v) is 6.75. The van der Waals surface area contributed by atoms with Crippen molar-refractivity contribution in [3.63, 3.8) is 0 Å². The van der Waals surface area contributed by atoms with Gasteiger partial charge in [-0.15, -0.1) is 0 Å². The predicted octanol–water partition coefficient (Wildman–Crippen LogP) is 5.61. The second kappa shape index (κ2) is 6.96. The molecule has 0 spiro atoms. The standard InChI is InChI=1S/C17H11Cl2N/c18-16-10-9-14(11-17(16)19)15(12-20)8-4-7-13-5-2-1-3-6-13/h1-11H. The van der Waals surface area contributed by atoms with Gasteiger partial charge in [-0.05, 0) is 29.3 Å². The quantitative estimate of drug-likeness (QED) is 0.533. The average molecular weight is 300 g/mol. The van der Waals surface area contributed by atoms with Crippen LogP contribution in [0.3, 0.4) is 0 Å². The summed E-state index contributed by atoms with van der Waals surface area (Å²) in [5, 5.41) is 10.1. The van der Waals surface area contributed by atoms with E-state index in [4.69, 9.17) is 23.2 Å². The summed E-state index contributed by atoms with van der Waals surface area (Å²) in [6, 6.07) is 17.2. The molecule has 0 aliphatic carbocycles. The van der Waals surface area contributed by atoms with Gasteiger partial charge in [0.15, 0.2) is 0 Å². The maximum Gasteiger partial charge on any atom is 0.0997 e. The molecule has 0 N–H and O–H groups in total. The number of hydrogen-bond donors (Lipinski definition) is 0. The van der Waals surface area contributed by atoms with E-state index >= 15 is 0 Å². The maximum absolute atomic E-state index is 9.21. The first-order chi connectivity index (χ1) is 9.70. The summed E-state index contributed by atoms with van der Waals surface area (Å²) < 4.78 is 0. The van der Waals surface area contributed by atoms with Gasteiger partial charge in [0.2, 0.25) is 0 Å². The van der Waals surface area contributed by atoms with Gasteiger partial charge >= 0.3 is 0 Å². The smallest absolute Gasteiger partial charge is 0.0997 e. The van der Waals surface area contributed by atoms with Crippen molar-refractivity contribution >= 4 is 34.9 Å². The Bertz CT molecular complexity index is 695. The van der Waals surface area contributed by atoms with E-state index in [0.717, 1.165) is 11.1 Å². The Morgan fingerprint density at radius 2 is 1.75 bits per heavy atom. The molecule has 0 radical (unpaired) electrons. The molecule has 0 unspecified atom stereocenters. The number of halogens is 2. The number of allylic oxidation sites excluding steroid dienone is 3. The van der Waals surface area contributed by atoms with E-state index < -0.39 is 0 Å². The Morgan fingerprint density at radius 3 is 2.40 bits per heavy atom. The number of hydrogen-bond acceptors (Lipinski definition) is 1. The highest BCUT2D eigenvalue weighted by Gasteiger charge is 2.03. The first kappa shape index (κ1) is 14.4. The topological polar surface area (TPSA) is 23.8 Å². The lowest BCUT2D eigenvalue weighted by atomic mass is 10.1. The normalized spacial score (nSPS) is 11.6. The summed E-state index contributed by atoms with van der Waals surface area (Å²) in [6.07, 6.45) is 5.54. The lowest BCUT2D eigenvalue weighted by Crippen LogP contribution is -1.81. The van der Waals surface area contributed by atoms with Gasteiger partial charge in [0.05, 0.1) is 21.7 Å². The van der Waals surface area contributed by atoms with E-state index in [1.807, 2.05) is 42.5 Å². The minimum atomic E-state index is 0.442. The van der Waals surface area contributed by atoms with Gasteiger partial charge < -0.3 is 0 Å². The fourth-order valence-electron chi connectivity index (χ4n) is 1.68. The van der Waals surface area contributed by atoms with Crippen molar-refractivity contribution in [1.29, 1.82) is 5.26 Å². The van der Waals surface area contributed by atoms with E-state index in [-0.39, 0.29) is 0 Å². The van der Waals surface area contributed by atoms with E-state index in [0.29, 0.717) is 15.6 Å². The van der Waals surface area contributed by atoms with Crippen molar-refractivity contribution in [3.8, 4) is 6.07 Å². The van der Waals surface area contributed by atoms with E-state index in [1.54, 1.807) is 24.3 Å². The van der Waals surface area contributed by atoms with E-state index in [2.05, 4.69) is 6.07 Å². The molecule has 0 amide bonds. The second-order valence-corrected chi connectivity index (χ2v) is 4.91. The van der Waals surface area contributed by atoms with Crippen LogP contribution in [0.1, 0.15) is 11.1 Å². The lowest BCUT2D eigenvalue weighted by molar-refractivity contribution is 1.52. The van der Waals surface area contributed by atoms with Crippen LogP contribution in [0.15, 0.2) is 60.7 Å². The number of benzene rings is 2. The highest BCUT2D eigenvalue weighted by atomic mass is 35.5. The first-order valence-electron chi connectivity index (χ1n) is 5.99. The van der Waals surface area contributed by atoms with Gasteiger partial charge in [0.25, 0.3) is 0 Å². The molecule has 0 aliphatic rings. The Morgan fingerprint density at radius 1 is 1.00 bits per heavy atom. The van der Waals surface area contributed by atoms with Crippen molar-refractivity contribution in [2.24, 2.45) is 0 Å². The van der Waals surface area contributed by atoms with E-state index in [9.17, 15) is 5.26 Å². The minimum absolute atomic E-state index is 0.442. The molecule has 2 aromatic carbocycles. The molecule has 20 heavy (non-hydrogen) atoms. The molecule has 0 aromatic heterocycles. The summed E-state index contributed by atoms with van der Waals surface area (Å²) in [6.45, 7) is 0. The Hall–Kier alpha value is -2.01. The zero-order valence-corrected chi connectivity index (χ0v) is 12.1. The van der Waals surface area contributed by atoms with Gasteiger partial charge in [-0.1, -0.05) is 71.8 Å². The summed E-state index contributed by atoms with van der Waals surface area (Å²) in [5.74, 6) is 0. The van der Waals surface area contributed by atoms with Gasteiger partial charge in [-0.3, -0.25) is 0 Å². The van der Waals surface area contributed by atoms with Crippen molar-refractivity contribution < 1.29 is 0 Å². The van der Waals surface area contributed by atoms with Crippen molar-refractivity contribution in [2.75, 3.05) is 0 Å². The van der Waals surface area contributed by atoms with Gasteiger partial charge in [-0.25, -0.2) is 0 Å². The molecule has 2 aromatic rings. The molecular weight excluding hydrogens is 289 g/mol. The van der Waals surface area contributed by atoms with Crippen LogP contribution in [0.25, 0.3) is 11.6 Å². The predicted molar refractivity (Wildman–Crippen MR) is 85.5 cm³/mol. The van der Waals surface area contributed by atoms with Crippen molar-refractivity contribution in [2.45, 2.75) is 0 Å². The number of nitrogens with zero attached hydrogens (tertiary/aromatic N) is 1. The number of nitriles is 1. The van der Waals surface area contributed by atoms with Crippen LogP contribution in [0.5, 0.6) is 0 Å². The Kier molecular flexibility index (Phi) is 5.01. The third kappa shape index (κ3) is 3.74. The van der Waals surface area contributed by atoms with Crippen molar-refractivity contribution in [3.05, 3.63) is 81.9 Å². The summed E-state index contributed by atoms with van der Waals surface area (Å²) >= 11 is 11.8. The molecule has 0 saturated carbocycles. The van der Waals surface area contributed by atoms with Gasteiger partial charge in [-0.2, -0.15) is 5.26 Å². The van der Waals surface area contributed by atoms with Crippen LogP contribution in [0, 0.1) is 11.3 Å². The monoisotopic (exact) mass is 299 g/mol. The molecule has 0 aliphatic heterocycles. The largest absolute Gasteiger partial charge is 0.192 e. The molecule has 2 rings (SSSR count). The fraction of sp³-hybridized carbons (Fsp3) is 0. The minimum Gasteiger partial charge on any atom is -0.192 e. The molecule has 0 heterocycles. The zero-order chi connectivity index (χ0) is 14.4. The van der Waals surface area contributed by atoms with Crippen LogP contribution < -0.4 is 0 Å². The third-order valence-corrected chi connectivity index (χ3v) is 3.44. The molecule has 0 saturated heterocycles. The van der Waals surface area contributed by atoms with Gasteiger partial charge in [0, 0.05) is 0 Å². The number of rotatable bonds is 3. The van der Waals surface area contributed by atoms with Crippen LogP contribution in [-0.2, 0) is 0 Å². The summed E-state index contributed by atoms with van der Waals surface area (Å²) in [4.78, 5) is 0. The van der Waals surface area contributed by atoms with Crippen LogP contribution in [0.2, 0.25) is 10.0 Å². The zero-order valence-electron chi connectivity index (χ0n) is 10.6. The fourth-order valence-corrected chi connectivity index (χ4v) is 1.98. The second-order valence-electron chi connectivity index (χ2n) is 4.09. The highest BCUT2D eigenvalue weighted by Crippen LogP contribution is 2.26. The lowest BCUT2D eigenvalue weighted by Gasteiger charge is -2.00. The van der Waals surface area contributed by atoms with Crippen LogP contribution >= 0.6 is 23.2 Å². The van der Waals surface area contributed by atoms with Gasteiger partial charge in [0.1, 0.15) is 0 Å². The van der Waals surface area contributed by atoms with Crippen LogP contribution in [0.4, 0.5) is 0 Å². The summed E-state index contributed by atoms with van der Waals surface area (Å²) in [7, 11) is 0. The van der Waals surface area contributed by atoms with Crippen LogP contribution in [-0.4, -0.2) is 0 Å². The maximum atomic E-state index is 9.21. The molecule has 3 heteroatoms. The third-order valence-electron chi connectivity index (χ3n) is 2.70. The highest BCUT2D eigenvalue weighted by molar-refractivity contribution is 6.42. The average Bonchev–Trinajstić information content (AvgIpc) is 2.48. The SMILES string of the molecule is N#CC(=CC=Cc1ccccc1)c1ccc(Cl)c(Cl)c1. The molecule has 0 fully saturated rings. The van der Waals surface area contributed by atoms with E-state index in [1.165, 1.54) is 0 Å². The molecule has 1 nitrogen and oxygen atoms in total. The van der Waals surface area contributed by atoms with Crippen molar-refractivity contribution in [1.82, 2.24) is 0 Å². The molecule has 0 atom stereocenters. The molecule has 98 valence electrons. The Labute approximate surface area is 128 Å². The Balaban J connectivity index is 2.24. The summed E-state index contributed by atoms with van der Waals surface area (Å²) in [5.41, 5.74) is 2.37. The molecular formula is C17H11Cl2N. The molecule has 0 bridgehead atoms.